The zero-order valence-corrected chi connectivity index (χ0v) is 14.8. The van der Waals surface area contributed by atoms with Crippen molar-refractivity contribution in [1.29, 1.82) is 0 Å². The first-order valence-electron chi connectivity index (χ1n) is 8.89. The second-order valence-electron chi connectivity index (χ2n) is 6.86. The maximum Gasteiger partial charge on any atom is 0.253 e. The summed E-state index contributed by atoms with van der Waals surface area (Å²) < 4.78 is 11.6. The highest BCUT2D eigenvalue weighted by Crippen LogP contribution is 2.40. The molecule has 0 bridgehead atoms. The molecule has 2 aliphatic heterocycles. The van der Waals surface area contributed by atoms with Crippen LogP contribution in [-0.2, 0) is 19.3 Å². The first-order valence-corrected chi connectivity index (χ1v) is 8.89. The summed E-state index contributed by atoms with van der Waals surface area (Å²) in [4.78, 5) is 14.4. The van der Waals surface area contributed by atoms with Crippen LogP contribution in [-0.4, -0.2) is 37.6 Å². The van der Waals surface area contributed by atoms with Gasteiger partial charge in [0.2, 0.25) is 0 Å². The number of amides is 1. The number of hydrogen-bond acceptors (Lipinski definition) is 3. The molecular formula is C21H23NO3. The van der Waals surface area contributed by atoms with Gasteiger partial charge in [-0.2, -0.15) is 0 Å². The molecule has 4 heteroatoms. The molecule has 1 amide bonds. The Morgan fingerprint density at radius 1 is 1.12 bits per heavy atom. The zero-order valence-electron chi connectivity index (χ0n) is 14.8. The minimum atomic E-state index is 0.0568. The van der Waals surface area contributed by atoms with Crippen LogP contribution in [0.15, 0.2) is 30.3 Å². The lowest BCUT2D eigenvalue weighted by Crippen LogP contribution is -2.29. The summed E-state index contributed by atoms with van der Waals surface area (Å²) in [5.41, 5.74) is 5.62. The molecule has 0 aliphatic carbocycles. The van der Waals surface area contributed by atoms with Crippen molar-refractivity contribution in [2.75, 3.05) is 26.8 Å². The van der Waals surface area contributed by atoms with Gasteiger partial charge >= 0.3 is 0 Å². The van der Waals surface area contributed by atoms with E-state index in [-0.39, 0.29) is 5.91 Å². The molecule has 0 saturated heterocycles. The Labute approximate surface area is 148 Å². The van der Waals surface area contributed by atoms with E-state index in [0.29, 0.717) is 6.54 Å². The summed E-state index contributed by atoms with van der Waals surface area (Å²) in [5.74, 6) is 2.09. The number of fused-ring (bicyclic) bond motifs is 2. The van der Waals surface area contributed by atoms with E-state index in [2.05, 4.69) is 6.07 Å². The molecule has 0 radical (unpaired) electrons. The molecule has 25 heavy (non-hydrogen) atoms. The average Bonchev–Trinajstić information content (AvgIpc) is 3.27. The zero-order chi connectivity index (χ0) is 17.4. The number of ether oxygens (including phenoxy) is 2. The smallest absolute Gasteiger partial charge is 0.253 e. The summed E-state index contributed by atoms with van der Waals surface area (Å²) >= 11 is 0. The van der Waals surface area contributed by atoms with Gasteiger partial charge in [0.1, 0.15) is 11.5 Å². The molecule has 0 saturated carbocycles. The van der Waals surface area contributed by atoms with Gasteiger partial charge in [-0.1, -0.05) is 17.7 Å². The molecule has 130 valence electrons. The number of hydrogen-bond donors (Lipinski definition) is 0. The molecule has 2 aromatic carbocycles. The van der Waals surface area contributed by atoms with E-state index in [1.165, 1.54) is 16.7 Å². The second kappa shape index (κ2) is 6.43. The highest BCUT2D eigenvalue weighted by Gasteiger charge is 2.26. The Hall–Kier alpha value is -2.49. The van der Waals surface area contributed by atoms with E-state index in [9.17, 15) is 4.79 Å². The quantitative estimate of drug-likeness (QED) is 0.860. The average molecular weight is 337 g/mol. The molecule has 4 nitrogen and oxygen atoms in total. The third-order valence-corrected chi connectivity index (χ3v) is 5.10. The van der Waals surface area contributed by atoms with E-state index in [1.54, 1.807) is 4.90 Å². The molecular weight excluding hydrogens is 314 g/mol. The Bertz CT molecular complexity index is 779. The van der Waals surface area contributed by atoms with Crippen molar-refractivity contribution in [1.82, 2.24) is 4.90 Å². The van der Waals surface area contributed by atoms with Crippen LogP contribution in [0.25, 0.3) is 0 Å². The standard InChI is InChI=1S/C21H23NO3/c1-14-3-5-15(6-4-14)21(23)22(2)10-7-18-17-9-12-24-19(17)13-16-8-11-25-20(16)18/h3-6,13H,7-12H2,1-2H3. The maximum atomic E-state index is 12.6. The van der Waals surface area contributed by atoms with E-state index in [1.807, 2.05) is 38.2 Å². The molecule has 0 fully saturated rings. The largest absolute Gasteiger partial charge is 0.493 e. The Morgan fingerprint density at radius 3 is 2.68 bits per heavy atom. The number of aryl methyl sites for hydroxylation is 1. The minimum Gasteiger partial charge on any atom is -0.493 e. The van der Waals surface area contributed by atoms with Gasteiger partial charge in [-0.05, 0) is 31.5 Å². The van der Waals surface area contributed by atoms with Crippen molar-refractivity contribution in [3.63, 3.8) is 0 Å². The number of rotatable bonds is 4. The normalized spacial score (nSPS) is 14.5. The number of carbonyl (C=O) groups excluding carboxylic acids is 1. The van der Waals surface area contributed by atoms with Crippen LogP contribution in [0.5, 0.6) is 11.5 Å². The lowest BCUT2D eigenvalue weighted by molar-refractivity contribution is 0.0796. The van der Waals surface area contributed by atoms with Crippen LogP contribution in [0.2, 0.25) is 0 Å². The summed E-state index contributed by atoms with van der Waals surface area (Å²) in [6, 6.07) is 9.87. The van der Waals surface area contributed by atoms with E-state index < -0.39 is 0 Å². The fraction of sp³-hybridized carbons (Fsp3) is 0.381. The predicted octanol–water partition coefficient (Wildman–Crippen LogP) is 3.18. The lowest BCUT2D eigenvalue weighted by atomic mass is 9.97. The molecule has 0 N–H and O–H groups in total. The highest BCUT2D eigenvalue weighted by atomic mass is 16.5. The summed E-state index contributed by atoms with van der Waals surface area (Å²) in [6.07, 6.45) is 2.66. The van der Waals surface area contributed by atoms with Crippen molar-refractivity contribution in [2.45, 2.75) is 26.2 Å². The lowest BCUT2D eigenvalue weighted by Gasteiger charge is -2.19. The van der Waals surface area contributed by atoms with Crippen LogP contribution >= 0.6 is 0 Å². The molecule has 0 unspecified atom stereocenters. The van der Waals surface area contributed by atoms with Gasteiger partial charge in [-0.15, -0.1) is 0 Å². The van der Waals surface area contributed by atoms with Gasteiger partial charge in [-0.3, -0.25) is 4.79 Å². The van der Waals surface area contributed by atoms with Gasteiger partial charge < -0.3 is 14.4 Å². The van der Waals surface area contributed by atoms with Crippen molar-refractivity contribution in [3.8, 4) is 11.5 Å². The van der Waals surface area contributed by atoms with Crippen molar-refractivity contribution >= 4 is 5.91 Å². The van der Waals surface area contributed by atoms with Gasteiger partial charge in [0, 0.05) is 48.7 Å². The third kappa shape index (κ3) is 2.97. The van der Waals surface area contributed by atoms with Crippen LogP contribution in [0.3, 0.4) is 0 Å². The van der Waals surface area contributed by atoms with Crippen LogP contribution < -0.4 is 9.47 Å². The molecule has 0 atom stereocenters. The monoisotopic (exact) mass is 337 g/mol. The van der Waals surface area contributed by atoms with Gasteiger partial charge in [0.15, 0.2) is 0 Å². The van der Waals surface area contributed by atoms with Crippen LogP contribution in [0.1, 0.15) is 32.6 Å². The van der Waals surface area contributed by atoms with Gasteiger partial charge in [0.25, 0.3) is 5.91 Å². The summed E-state index contributed by atoms with van der Waals surface area (Å²) in [7, 11) is 1.86. The first kappa shape index (κ1) is 16.0. The topological polar surface area (TPSA) is 38.8 Å². The summed E-state index contributed by atoms with van der Waals surface area (Å²) in [5, 5.41) is 0. The predicted molar refractivity (Wildman–Crippen MR) is 96.7 cm³/mol. The van der Waals surface area contributed by atoms with E-state index >= 15 is 0 Å². The number of nitrogens with zero attached hydrogens (tertiary/aromatic N) is 1. The third-order valence-electron chi connectivity index (χ3n) is 5.10. The molecule has 0 spiro atoms. The highest BCUT2D eigenvalue weighted by molar-refractivity contribution is 5.94. The maximum absolute atomic E-state index is 12.6. The first-order chi connectivity index (χ1) is 12.1. The van der Waals surface area contributed by atoms with Crippen molar-refractivity contribution in [3.05, 3.63) is 58.1 Å². The Morgan fingerprint density at radius 2 is 1.88 bits per heavy atom. The second-order valence-corrected chi connectivity index (χ2v) is 6.86. The van der Waals surface area contributed by atoms with E-state index in [0.717, 1.165) is 55.1 Å². The number of carbonyl (C=O) groups is 1. The Balaban J connectivity index is 1.52. The fourth-order valence-electron chi connectivity index (χ4n) is 3.65. The SMILES string of the molecule is Cc1ccc(C(=O)N(C)CCc2c3c(cc4c2OCC4)OCC3)cc1. The van der Waals surface area contributed by atoms with Gasteiger partial charge in [0.05, 0.1) is 13.2 Å². The Kier molecular flexibility index (Phi) is 4.12. The van der Waals surface area contributed by atoms with Crippen molar-refractivity contribution in [2.24, 2.45) is 0 Å². The molecule has 2 aromatic rings. The fourth-order valence-corrected chi connectivity index (χ4v) is 3.65. The molecule has 2 heterocycles. The molecule has 2 aliphatic rings. The van der Waals surface area contributed by atoms with E-state index in [4.69, 9.17) is 9.47 Å². The summed E-state index contributed by atoms with van der Waals surface area (Å²) in [6.45, 7) is 4.17. The number of benzene rings is 2. The van der Waals surface area contributed by atoms with Crippen LogP contribution in [0, 0.1) is 6.92 Å². The van der Waals surface area contributed by atoms with Gasteiger partial charge in [-0.25, -0.2) is 0 Å². The minimum absolute atomic E-state index is 0.0568. The molecule has 4 rings (SSSR count). The van der Waals surface area contributed by atoms with Crippen molar-refractivity contribution < 1.29 is 14.3 Å². The number of likely N-dealkylation sites (N-methyl/N-ethyl adjacent to an activating group) is 1. The molecule has 0 aromatic heterocycles. The van der Waals surface area contributed by atoms with Crippen LogP contribution in [0.4, 0.5) is 0 Å².